The van der Waals surface area contributed by atoms with Crippen LogP contribution in [0.5, 0.6) is 5.75 Å². The number of para-hydroxylation sites is 1. The van der Waals surface area contributed by atoms with Crippen molar-refractivity contribution in [3.8, 4) is 5.75 Å². The predicted octanol–water partition coefficient (Wildman–Crippen LogP) is 5.65. The average molecular weight is 446 g/mol. The predicted molar refractivity (Wildman–Crippen MR) is 129 cm³/mol. The number of hydrogen-bond donors (Lipinski definition) is 1. The Morgan fingerprint density at radius 2 is 2.06 bits per heavy atom. The molecule has 5 atom stereocenters. The maximum absolute atomic E-state index is 13.0. The van der Waals surface area contributed by atoms with E-state index in [2.05, 4.69) is 22.1 Å². The Kier molecular flexibility index (Phi) is 6.18. The number of nitrogens with zero attached hydrogens (tertiary/aromatic N) is 2. The first-order valence-corrected chi connectivity index (χ1v) is 11.9. The summed E-state index contributed by atoms with van der Waals surface area (Å²) in [7, 11) is 1.66. The van der Waals surface area contributed by atoms with Gasteiger partial charge in [-0.15, -0.1) is 0 Å². The highest BCUT2D eigenvalue weighted by atomic mass is 16.6. The molecular weight excluding hydrogens is 414 g/mol. The zero-order chi connectivity index (χ0) is 22.8. The van der Waals surface area contributed by atoms with Gasteiger partial charge in [0, 0.05) is 29.4 Å². The Hall–Kier alpha value is -3.12. The van der Waals surface area contributed by atoms with Crippen LogP contribution in [0.1, 0.15) is 37.9 Å². The van der Waals surface area contributed by atoms with Crippen molar-refractivity contribution in [3.05, 3.63) is 66.4 Å². The molecule has 6 heteroatoms. The van der Waals surface area contributed by atoms with Crippen molar-refractivity contribution >= 4 is 22.7 Å². The molecule has 3 unspecified atom stereocenters. The topological polar surface area (TPSA) is 63.7 Å². The summed E-state index contributed by atoms with van der Waals surface area (Å²) < 4.78 is 11.7. The van der Waals surface area contributed by atoms with Crippen molar-refractivity contribution in [3.63, 3.8) is 0 Å². The summed E-state index contributed by atoms with van der Waals surface area (Å²) in [6.07, 6.45) is 4.43. The SMILES string of the molecule is CCC1CN2CCC1C[C@@H]2[C@H](OC(=O)Nc1ccccc1)c1ccnc2ccc(OC)cc12. The molecule has 2 bridgehead atoms. The normalized spacial score (nSPS) is 24.9. The molecular formula is C27H31N3O3. The molecule has 0 aliphatic carbocycles. The molecule has 2 aromatic carbocycles. The van der Waals surface area contributed by atoms with Crippen LogP contribution in [0.4, 0.5) is 10.5 Å². The lowest BCUT2D eigenvalue weighted by Crippen LogP contribution is -2.55. The van der Waals surface area contributed by atoms with Gasteiger partial charge in [0.2, 0.25) is 0 Å². The van der Waals surface area contributed by atoms with Gasteiger partial charge in [-0.25, -0.2) is 4.79 Å². The molecule has 4 heterocycles. The van der Waals surface area contributed by atoms with Crippen molar-refractivity contribution < 1.29 is 14.3 Å². The van der Waals surface area contributed by atoms with Gasteiger partial charge in [-0.3, -0.25) is 15.2 Å². The van der Waals surface area contributed by atoms with E-state index >= 15 is 0 Å². The van der Waals surface area contributed by atoms with E-state index in [9.17, 15) is 4.79 Å². The fourth-order valence-corrected chi connectivity index (χ4v) is 5.61. The van der Waals surface area contributed by atoms with Gasteiger partial charge in [-0.2, -0.15) is 0 Å². The number of nitrogens with one attached hydrogen (secondary N) is 1. The summed E-state index contributed by atoms with van der Waals surface area (Å²) >= 11 is 0. The number of carbonyl (C=O) groups excluding carboxylic acids is 1. The van der Waals surface area contributed by atoms with Gasteiger partial charge in [0.05, 0.1) is 18.7 Å². The first-order valence-electron chi connectivity index (χ1n) is 11.9. The molecule has 1 N–H and O–H groups in total. The monoisotopic (exact) mass is 445 g/mol. The number of hydrogen-bond acceptors (Lipinski definition) is 5. The smallest absolute Gasteiger partial charge is 0.412 e. The van der Waals surface area contributed by atoms with E-state index < -0.39 is 12.2 Å². The standard InChI is InChI=1S/C27H31N3O3/c1-3-18-17-30-14-12-19(18)15-25(30)26(33-27(31)29-20-7-5-4-6-8-20)22-11-13-28-24-10-9-21(32-2)16-23(22)24/h4-11,13,16,18-19,25-26H,3,12,14-15,17H2,1-2H3,(H,29,31)/t18?,19?,25-,26-/m1/s1. The van der Waals surface area contributed by atoms with Crippen LogP contribution < -0.4 is 10.1 Å². The van der Waals surface area contributed by atoms with Gasteiger partial charge in [-0.05, 0) is 67.6 Å². The second-order valence-corrected chi connectivity index (χ2v) is 9.12. The number of anilines is 1. The van der Waals surface area contributed by atoms with Crippen molar-refractivity contribution in [2.45, 2.75) is 38.3 Å². The number of carbonyl (C=O) groups is 1. The van der Waals surface area contributed by atoms with Crippen molar-refractivity contribution in [1.82, 2.24) is 9.88 Å². The zero-order valence-corrected chi connectivity index (χ0v) is 19.2. The van der Waals surface area contributed by atoms with E-state index in [4.69, 9.17) is 9.47 Å². The lowest BCUT2D eigenvalue weighted by Gasteiger charge is -2.51. The van der Waals surface area contributed by atoms with Crippen LogP contribution in [0, 0.1) is 11.8 Å². The molecule has 3 fully saturated rings. The Morgan fingerprint density at radius 1 is 1.21 bits per heavy atom. The highest BCUT2D eigenvalue weighted by Crippen LogP contribution is 2.44. The molecule has 3 aliphatic heterocycles. The molecule has 3 aromatic rings. The maximum Gasteiger partial charge on any atom is 0.412 e. The van der Waals surface area contributed by atoms with E-state index in [1.807, 2.05) is 54.6 Å². The Labute approximate surface area is 194 Å². The van der Waals surface area contributed by atoms with Crippen molar-refractivity contribution in [1.29, 1.82) is 0 Å². The molecule has 6 rings (SSSR count). The third-order valence-corrected chi connectivity index (χ3v) is 7.35. The number of benzene rings is 2. The van der Waals surface area contributed by atoms with E-state index in [0.717, 1.165) is 53.3 Å². The summed E-state index contributed by atoms with van der Waals surface area (Å²) in [6.45, 7) is 4.40. The molecule has 0 radical (unpaired) electrons. The number of aromatic nitrogens is 1. The number of piperidine rings is 3. The molecule has 1 aromatic heterocycles. The fraction of sp³-hybridized carbons (Fsp3) is 0.407. The third-order valence-electron chi connectivity index (χ3n) is 7.35. The molecule has 0 spiro atoms. The highest BCUT2D eigenvalue weighted by molar-refractivity contribution is 5.86. The molecule has 0 saturated carbocycles. The number of ether oxygens (including phenoxy) is 2. The summed E-state index contributed by atoms with van der Waals surface area (Å²) in [5.41, 5.74) is 2.57. The van der Waals surface area contributed by atoms with E-state index in [0.29, 0.717) is 5.92 Å². The number of methoxy groups -OCH3 is 1. The number of fused-ring (bicyclic) bond motifs is 4. The molecule has 33 heavy (non-hydrogen) atoms. The van der Waals surface area contributed by atoms with E-state index in [1.165, 1.54) is 12.8 Å². The summed E-state index contributed by atoms with van der Waals surface area (Å²) in [5.74, 6) is 2.17. The van der Waals surface area contributed by atoms with Gasteiger partial charge >= 0.3 is 6.09 Å². The van der Waals surface area contributed by atoms with E-state index in [1.54, 1.807) is 13.3 Å². The van der Waals surface area contributed by atoms with Crippen LogP contribution in [-0.4, -0.2) is 42.2 Å². The van der Waals surface area contributed by atoms with Crippen LogP contribution in [0.25, 0.3) is 10.9 Å². The summed E-state index contributed by atoms with van der Waals surface area (Å²) in [4.78, 5) is 20.1. The maximum atomic E-state index is 13.0. The Balaban J connectivity index is 1.51. The third kappa shape index (κ3) is 4.40. The average Bonchev–Trinajstić information content (AvgIpc) is 2.87. The van der Waals surface area contributed by atoms with Gasteiger partial charge in [0.15, 0.2) is 0 Å². The minimum Gasteiger partial charge on any atom is -0.497 e. The lowest BCUT2D eigenvalue weighted by atomic mass is 9.72. The first-order chi connectivity index (χ1) is 16.2. The van der Waals surface area contributed by atoms with Gasteiger partial charge in [-0.1, -0.05) is 31.5 Å². The minimum atomic E-state index is -0.436. The van der Waals surface area contributed by atoms with Crippen molar-refractivity contribution in [2.75, 3.05) is 25.5 Å². The quantitative estimate of drug-likeness (QED) is 0.531. The highest BCUT2D eigenvalue weighted by Gasteiger charge is 2.44. The number of rotatable bonds is 6. The lowest BCUT2D eigenvalue weighted by molar-refractivity contribution is -0.0583. The molecule has 3 aliphatic rings. The zero-order valence-electron chi connectivity index (χ0n) is 19.2. The van der Waals surface area contributed by atoms with Gasteiger partial charge < -0.3 is 9.47 Å². The Bertz CT molecular complexity index is 1120. The molecule has 1 amide bonds. The summed E-state index contributed by atoms with van der Waals surface area (Å²) in [6, 6.07) is 17.4. The van der Waals surface area contributed by atoms with Crippen LogP contribution in [0.3, 0.4) is 0 Å². The van der Waals surface area contributed by atoms with Gasteiger partial charge in [0.1, 0.15) is 11.9 Å². The van der Waals surface area contributed by atoms with Gasteiger partial charge in [0.25, 0.3) is 0 Å². The van der Waals surface area contributed by atoms with Crippen LogP contribution in [0.15, 0.2) is 60.8 Å². The van der Waals surface area contributed by atoms with Crippen molar-refractivity contribution in [2.24, 2.45) is 11.8 Å². The number of amides is 1. The molecule has 172 valence electrons. The molecule has 6 nitrogen and oxygen atoms in total. The second-order valence-electron chi connectivity index (χ2n) is 9.12. The van der Waals surface area contributed by atoms with E-state index in [-0.39, 0.29) is 6.04 Å². The summed E-state index contributed by atoms with van der Waals surface area (Å²) in [5, 5.41) is 3.86. The molecule has 3 saturated heterocycles. The first kappa shape index (κ1) is 21.7. The fourth-order valence-electron chi connectivity index (χ4n) is 5.61. The van der Waals surface area contributed by atoms with Crippen LogP contribution >= 0.6 is 0 Å². The minimum absolute atomic E-state index is 0.143. The van der Waals surface area contributed by atoms with Crippen LogP contribution in [0.2, 0.25) is 0 Å². The van der Waals surface area contributed by atoms with Crippen LogP contribution in [-0.2, 0) is 4.74 Å². The number of pyridine rings is 1. The Morgan fingerprint density at radius 3 is 2.79 bits per heavy atom. The second kappa shape index (κ2) is 9.40. The largest absolute Gasteiger partial charge is 0.497 e.